The van der Waals surface area contributed by atoms with Gasteiger partial charge in [0.2, 0.25) is 0 Å². The Bertz CT molecular complexity index is 736. The molecule has 0 radical (unpaired) electrons. The van der Waals surface area contributed by atoms with E-state index in [0.29, 0.717) is 0 Å². The number of ether oxygens (including phenoxy) is 1. The van der Waals surface area contributed by atoms with E-state index in [-0.39, 0.29) is 0 Å². The fraction of sp³-hybridized carbons (Fsp3) is 0.600. The molecule has 0 saturated carbocycles. The van der Waals surface area contributed by atoms with Gasteiger partial charge in [0.1, 0.15) is 5.01 Å². The molecule has 2 aliphatic heterocycles. The van der Waals surface area contributed by atoms with Gasteiger partial charge >= 0.3 is 0 Å². The molecule has 2 saturated heterocycles. The number of fused-ring (bicyclic) bond motifs is 1. The topological polar surface area (TPSA) is 43.9 Å². The smallest absolute Gasteiger partial charge is 0.169 e. The van der Waals surface area contributed by atoms with Gasteiger partial charge in [0.25, 0.3) is 0 Å². The van der Waals surface area contributed by atoms with E-state index in [4.69, 9.17) is 21.9 Å². The maximum absolute atomic E-state index is 5.61. The van der Waals surface area contributed by atoms with E-state index in [1.165, 1.54) is 9.71 Å². The van der Waals surface area contributed by atoms with Crippen LogP contribution in [-0.2, 0) is 11.3 Å². The van der Waals surface area contributed by atoms with Gasteiger partial charge in [-0.3, -0.25) is 9.80 Å². The van der Waals surface area contributed by atoms with Gasteiger partial charge in [-0.1, -0.05) is 12.1 Å². The Morgan fingerprint density at radius 1 is 1.07 bits per heavy atom. The van der Waals surface area contributed by atoms with Crippen LogP contribution in [0.3, 0.4) is 0 Å². The molecule has 3 heterocycles. The molecule has 1 N–H and O–H groups in total. The first-order valence-corrected chi connectivity index (χ1v) is 11.4. The largest absolute Gasteiger partial charge is 0.379 e. The highest BCUT2D eigenvalue weighted by Crippen LogP contribution is 2.23. The predicted octanol–water partition coefficient (Wildman–Crippen LogP) is 2.01. The highest BCUT2D eigenvalue weighted by molar-refractivity contribution is 7.80. The van der Waals surface area contributed by atoms with Crippen LogP contribution in [-0.4, -0.2) is 90.4 Å². The third-order valence-corrected chi connectivity index (χ3v) is 6.81. The van der Waals surface area contributed by atoms with E-state index in [1.54, 1.807) is 11.3 Å². The average molecular weight is 420 g/mol. The molecule has 1 aromatic heterocycles. The van der Waals surface area contributed by atoms with E-state index in [2.05, 4.69) is 44.3 Å². The number of thiocarbonyl (C=S) groups is 1. The third kappa shape index (κ3) is 5.39. The number of aromatic nitrogens is 1. The first-order valence-electron chi connectivity index (χ1n) is 10.2. The van der Waals surface area contributed by atoms with E-state index >= 15 is 0 Å². The molecule has 0 aliphatic carbocycles. The molecule has 28 heavy (non-hydrogen) atoms. The van der Waals surface area contributed by atoms with Crippen molar-refractivity contribution < 1.29 is 4.74 Å². The molecule has 2 aliphatic rings. The van der Waals surface area contributed by atoms with Crippen LogP contribution in [0.4, 0.5) is 0 Å². The molecule has 0 bridgehead atoms. The van der Waals surface area contributed by atoms with Gasteiger partial charge in [-0.2, -0.15) is 0 Å². The molecule has 0 atom stereocenters. The number of thiazole rings is 1. The zero-order valence-corrected chi connectivity index (χ0v) is 17.9. The third-order valence-electron chi connectivity index (χ3n) is 5.39. The minimum Gasteiger partial charge on any atom is -0.379 e. The van der Waals surface area contributed by atoms with Crippen molar-refractivity contribution >= 4 is 38.9 Å². The fourth-order valence-electron chi connectivity index (χ4n) is 3.72. The monoisotopic (exact) mass is 419 g/mol. The van der Waals surface area contributed by atoms with Gasteiger partial charge in [0.05, 0.1) is 30.0 Å². The zero-order chi connectivity index (χ0) is 19.2. The van der Waals surface area contributed by atoms with Gasteiger partial charge in [0.15, 0.2) is 5.11 Å². The Morgan fingerprint density at radius 3 is 2.64 bits per heavy atom. The summed E-state index contributed by atoms with van der Waals surface area (Å²) in [6.45, 7) is 10.9. The standard InChI is InChI=1S/C20H29N5OS2/c27-20(21-6-3-7-23-12-14-26-15-13-23)25-10-8-24(9-11-25)16-19-22-17-4-1-2-5-18(17)28-19/h1-2,4-5H,3,6-16H2,(H,21,27). The van der Waals surface area contributed by atoms with E-state index in [9.17, 15) is 0 Å². The first kappa shape index (κ1) is 20.0. The second-order valence-corrected chi connectivity index (χ2v) is 8.88. The van der Waals surface area contributed by atoms with Crippen molar-refractivity contribution in [2.45, 2.75) is 13.0 Å². The molecular weight excluding hydrogens is 390 g/mol. The maximum atomic E-state index is 5.61. The molecule has 4 rings (SSSR count). The summed E-state index contributed by atoms with van der Waals surface area (Å²) in [6.07, 6.45) is 1.12. The molecule has 1 aromatic carbocycles. The lowest BCUT2D eigenvalue weighted by molar-refractivity contribution is 0.0375. The summed E-state index contributed by atoms with van der Waals surface area (Å²) in [7, 11) is 0. The van der Waals surface area contributed by atoms with Crippen molar-refractivity contribution in [3.05, 3.63) is 29.3 Å². The van der Waals surface area contributed by atoms with E-state index in [1.807, 2.05) is 0 Å². The van der Waals surface area contributed by atoms with E-state index in [0.717, 1.165) is 89.2 Å². The molecule has 0 spiro atoms. The summed E-state index contributed by atoms with van der Waals surface area (Å²) < 4.78 is 6.67. The molecular formula is C20H29N5OS2. The minimum atomic E-state index is 0.868. The van der Waals surface area contributed by atoms with Crippen molar-refractivity contribution in [3.63, 3.8) is 0 Å². The number of hydrogen-bond donors (Lipinski definition) is 1. The van der Waals surface area contributed by atoms with Crippen LogP contribution < -0.4 is 5.32 Å². The second kappa shape index (κ2) is 9.93. The van der Waals surface area contributed by atoms with Gasteiger partial charge in [0, 0.05) is 45.8 Å². The highest BCUT2D eigenvalue weighted by Gasteiger charge is 2.20. The summed E-state index contributed by atoms with van der Waals surface area (Å²) in [5.74, 6) is 0. The Kier molecular flexibility index (Phi) is 7.09. The molecule has 6 nitrogen and oxygen atoms in total. The normalized spacial score (nSPS) is 19.2. The van der Waals surface area contributed by atoms with Crippen molar-refractivity contribution in [1.29, 1.82) is 0 Å². The van der Waals surface area contributed by atoms with Crippen LogP contribution in [0.15, 0.2) is 24.3 Å². The van der Waals surface area contributed by atoms with Crippen molar-refractivity contribution in [2.75, 3.05) is 65.6 Å². The molecule has 0 unspecified atom stereocenters. The fourth-order valence-corrected chi connectivity index (χ4v) is 5.02. The van der Waals surface area contributed by atoms with Gasteiger partial charge < -0.3 is 15.0 Å². The first-order chi connectivity index (χ1) is 13.8. The Hall–Kier alpha value is -1.32. The summed E-state index contributed by atoms with van der Waals surface area (Å²) in [5.41, 5.74) is 1.11. The molecule has 2 fully saturated rings. The number of rotatable bonds is 6. The number of benzene rings is 1. The molecule has 0 amide bonds. The lowest BCUT2D eigenvalue weighted by Crippen LogP contribution is -2.51. The highest BCUT2D eigenvalue weighted by atomic mass is 32.1. The number of para-hydroxylation sites is 1. The number of nitrogens with zero attached hydrogens (tertiary/aromatic N) is 4. The Balaban J connectivity index is 1.14. The Morgan fingerprint density at radius 2 is 1.86 bits per heavy atom. The SMILES string of the molecule is S=C(NCCCN1CCOCC1)N1CCN(Cc2nc3ccccc3s2)CC1. The summed E-state index contributed by atoms with van der Waals surface area (Å²) >= 11 is 7.42. The summed E-state index contributed by atoms with van der Waals surface area (Å²) in [5, 5.41) is 5.56. The lowest BCUT2D eigenvalue weighted by Gasteiger charge is -2.36. The number of morpholine rings is 1. The number of hydrogen-bond acceptors (Lipinski definition) is 6. The predicted molar refractivity (Wildman–Crippen MR) is 119 cm³/mol. The zero-order valence-electron chi connectivity index (χ0n) is 16.3. The van der Waals surface area contributed by atoms with Crippen LogP contribution in [0.5, 0.6) is 0 Å². The Labute approximate surface area is 176 Å². The number of piperazine rings is 1. The van der Waals surface area contributed by atoms with Gasteiger partial charge in [-0.25, -0.2) is 4.98 Å². The van der Waals surface area contributed by atoms with Crippen LogP contribution in [0.1, 0.15) is 11.4 Å². The molecule has 2 aromatic rings. The quantitative estimate of drug-likeness (QED) is 0.568. The number of nitrogens with one attached hydrogen (secondary N) is 1. The summed E-state index contributed by atoms with van der Waals surface area (Å²) in [6, 6.07) is 8.38. The second-order valence-electron chi connectivity index (χ2n) is 7.38. The van der Waals surface area contributed by atoms with Crippen molar-refractivity contribution in [3.8, 4) is 0 Å². The average Bonchev–Trinajstić information content (AvgIpc) is 3.14. The lowest BCUT2D eigenvalue weighted by atomic mass is 10.3. The van der Waals surface area contributed by atoms with E-state index < -0.39 is 0 Å². The van der Waals surface area contributed by atoms with Crippen LogP contribution >= 0.6 is 23.6 Å². The molecule has 152 valence electrons. The van der Waals surface area contributed by atoms with Crippen molar-refractivity contribution in [1.82, 2.24) is 25.0 Å². The van der Waals surface area contributed by atoms with Crippen LogP contribution in [0, 0.1) is 0 Å². The van der Waals surface area contributed by atoms with Crippen LogP contribution in [0.25, 0.3) is 10.2 Å². The van der Waals surface area contributed by atoms with Gasteiger partial charge in [-0.15, -0.1) is 11.3 Å². The molecule has 8 heteroatoms. The summed E-state index contributed by atoms with van der Waals surface area (Å²) in [4.78, 5) is 12.0. The van der Waals surface area contributed by atoms with Crippen LogP contribution in [0.2, 0.25) is 0 Å². The maximum Gasteiger partial charge on any atom is 0.169 e. The minimum absolute atomic E-state index is 0.868. The van der Waals surface area contributed by atoms with Crippen molar-refractivity contribution in [2.24, 2.45) is 0 Å². The van der Waals surface area contributed by atoms with Gasteiger partial charge in [-0.05, 0) is 37.3 Å².